The molecule has 0 aliphatic carbocycles. The van der Waals surface area contributed by atoms with Gasteiger partial charge in [-0.1, -0.05) is 275 Å². The fourth-order valence-electron chi connectivity index (χ4n) is 8.41. The summed E-state index contributed by atoms with van der Waals surface area (Å²) < 4.78 is 34.6. The highest BCUT2D eigenvalue weighted by Crippen LogP contribution is 2.43. The first-order chi connectivity index (χ1) is 40.0. The van der Waals surface area contributed by atoms with E-state index in [1.54, 1.807) is 0 Å². The number of nitrogens with zero attached hydrogens (tertiary/aromatic N) is 1. The summed E-state index contributed by atoms with van der Waals surface area (Å²) in [5.41, 5.74) is 0. The number of phosphoric ester groups is 1. The summed E-state index contributed by atoms with van der Waals surface area (Å²) in [7, 11) is 1.45. The van der Waals surface area contributed by atoms with Crippen LogP contribution in [0.3, 0.4) is 0 Å². The molecule has 82 heavy (non-hydrogen) atoms. The van der Waals surface area contributed by atoms with Crippen LogP contribution >= 0.6 is 7.82 Å². The van der Waals surface area contributed by atoms with Gasteiger partial charge < -0.3 is 18.9 Å². The molecule has 1 N–H and O–H groups in total. The first kappa shape index (κ1) is 77.9. The predicted molar refractivity (Wildman–Crippen MR) is 353 cm³/mol. The van der Waals surface area contributed by atoms with E-state index in [1.165, 1.54) is 89.9 Å². The maximum atomic E-state index is 12.8. The number of esters is 2. The van der Waals surface area contributed by atoms with Gasteiger partial charge in [0.25, 0.3) is 0 Å². The summed E-state index contributed by atoms with van der Waals surface area (Å²) in [6, 6.07) is 0. The Balaban J connectivity index is 4.18. The molecule has 0 spiro atoms. The van der Waals surface area contributed by atoms with Crippen molar-refractivity contribution >= 4 is 19.8 Å². The van der Waals surface area contributed by atoms with E-state index in [0.29, 0.717) is 17.4 Å². The van der Waals surface area contributed by atoms with Crippen LogP contribution in [0.2, 0.25) is 0 Å². The van der Waals surface area contributed by atoms with Gasteiger partial charge in [0.1, 0.15) is 19.8 Å². The fourth-order valence-corrected chi connectivity index (χ4v) is 9.15. The number of likely N-dealkylation sites (N-methyl/N-ethyl adjacent to an activating group) is 1. The van der Waals surface area contributed by atoms with E-state index in [0.717, 1.165) is 122 Å². The lowest BCUT2D eigenvalue weighted by molar-refractivity contribution is -0.870. The Bertz CT molecular complexity index is 1890. The SMILES string of the molecule is CC/C=C\C/C=C\C/C=C\C/C=C\C/C=C\C/C=C\C/C=C\C/C=C\C/C=C\C/C=C\C/C=C\C/C=C\CCCCCCC(=O)OC(COC(=O)CCCCCCCCCCCCCCCCCCC)COP(=O)(O)OCC[N+](C)(C)C. The molecule has 0 aromatic carbocycles. The van der Waals surface area contributed by atoms with Crippen LogP contribution in [0, 0.1) is 0 Å². The highest BCUT2D eigenvalue weighted by molar-refractivity contribution is 7.47. The molecule has 0 saturated carbocycles. The minimum Gasteiger partial charge on any atom is -0.462 e. The summed E-state index contributed by atoms with van der Waals surface area (Å²) in [5.74, 6) is -0.830. The maximum absolute atomic E-state index is 12.8. The van der Waals surface area contributed by atoms with Gasteiger partial charge in [-0.15, -0.1) is 0 Å². The molecular weight excluding hydrogens is 1040 g/mol. The van der Waals surface area contributed by atoms with Crippen molar-refractivity contribution in [3.05, 3.63) is 146 Å². The number of ether oxygens (including phenoxy) is 2. The van der Waals surface area contributed by atoms with Gasteiger partial charge in [0.15, 0.2) is 6.10 Å². The Morgan fingerprint density at radius 1 is 0.390 bits per heavy atom. The monoisotopic (exact) mass is 1160 g/mol. The largest absolute Gasteiger partial charge is 0.472 e. The lowest BCUT2D eigenvalue weighted by Crippen LogP contribution is -2.37. The number of carbonyl (C=O) groups is 2. The Hall–Kier alpha value is -4.11. The van der Waals surface area contributed by atoms with Crippen LogP contribution in [-0.4, -0.2) is 74.9 Å². The summed E-state index contributed by atoms with van der Waals surface area (Å²) in [6.07, 6.45) is 90.8. The molecule has 0 aromatic heterocycles. The standard InChI is InChI=1S/C72H120NO8P/c1-6-8-10-12-14-16-18-20-22-24-25-26-27-28-29-30-31-32-33-34-35-36-37-38-39-40-41-42-43-44-45-46-47-49-51-53-55-57-59-61-63-65-72(75)81-70(69-80-82(76,77)79-67-66-73(3,4)5)68-78-71(74)64-62-60-58-56-54-52-50-48-23-21-19-17-15-13-11-9-7-2/h8,10,14,16,20,22,25-26,28-29,31-32,34-35,37-38,40-41,43-44,46-47,51,53,70H,6-7,9,11-13,15,17-19,21,23-24,27,30,33,36,39,42,45,48-50,52,54-69H2,1-5H3/p+1/b10-8-,16-14-,22-20-,26-25-,29-28-,32-31-,35-34-,38-37-,41-40-,44-43-,47-46-,53-51-. The molecule has 0 bridgehead atoms. The Morgan fingerprint density at radius 2 is 0.695 bits per heavy atom. The van der Waals surface area contributed by atoms with Crippen molar-refractivity contribution in [3.63, 3.8) is 0 Å². The van der Waals surface area contributed by atoms with Crippen LogP contribution in [-0.2, 0) is 32.7 Å². The molecule has 2 unspecified atom stereocenters. The maximum Gasteiger partial charge on any atom is 0.472 e. The van der Waals surface area contributed by atoms with Crippen molar-refractivity contribution in [1.29, 1.82) is 0 Å². The highest BCUT2D eigenvalue weighted by atomic mass is 31.2. The van der Waals surface area contributed by atoms with Gasteiger partial charge in [-0.3, -0.25) is 18.6 Å². The van der Waals surface area contributed by atoms with E-state index in [1.807, 2.05) is 21.1 Å². The molecule has 10 heteroatoms. The van der Waals surface area contributed by atoms with Crippen molar-refractivity contribution < 1.29 is 42.1 Å². The second-order valence-corrected chi connectivity index (χ2v) is 23.9. The third-order valence-corrected chi connectivity index (χ3v) is 14.4. The second-order valence-electron chi connectivity index (χ2n) is 22.4. The minimum absolute atomic E-state index is 0.0205. The normalized spacial score (nSPS) is 14.2. The van der Waals surface area contributed by atoms with Crippen LogP contribution in [0.1, 0.15) is 245 Å². The van der Waals surface area contributed by atoms with E-state index in [9.17, 15) is 19.0 Å². The molecule has 9 nitrogen and oxygen atoms in total. The predicted octanol–water partition coefficient (Wildman–Crippen LogP) is 21.0. The number of allylic oxidation sites excluding steroid dienone is 24. The second kappa shape index (κ2) is 61.5. The average molecular weight is 1160 g/mol. The Kier molecular flexibility index (Phi) is 58.4. The number of unbranched alkanes of at least 4 members (excludes halogenated alkanes) is 20. The minimum atomic E-state index is -4.40. The van der Waals surface area contributed by atoms with Gasteiger partial charge >= 0.3 is 19.8 Å². The van der Waals surface area contributed by atoms with E-state index in [4.69, 9.17) is 18.5 Å². The molecule has 0 radical (unpaired) electrons. The number of quaternary nitrogens is 1. The van der Waals surface area contributed by atoms with Crippen LogP contribution in [0.5, 0.6) is 0 Å². The lowest BCUT2D eigenvalue weighted by Gasteiger charge is -2.24. The molecule has 2 atom stereocenters. The number of carbonyl (C=O) groups excluding carboxylic acids is 2. The molecule has 0 heterocycles. The molecule has 0 aliphatic heterocycles. The zero-order valence-corrected chi connectivity index (χ0v) is 53.8. The zero-order chi connectivity index (χ0) is 59.8. The van der Waals surface area contributed by atoms with E-state index in [-0.39, 0.29) is 32.0 Å². The van der Waals surface area contributed by atoms with Crippen molar-refractivity contribution in [3.8, 4) is 0 Å². The number of rotatable bonds is 58. The summed E-state index contributed by atoms with van der Waals surface area (Å²) in [5, 5.41) is 0. The summed E-state index contributed by atoms with van der Waals surface area (Å²) in [4.78, 5) is 35.7. The van der Waals surface area contributed by atoms with Crippen molar-refractivity contribution in [2.75, 3.05) is 47.5 Å². The van der Waals surface area contributed by atoms with Gasteiger partial charge in [-0.25, -0.2) is 4.57 Å². The summed E-state index contributed by atoms with van der Waals surface area (Å²) in [6.45, 7) is 4.29. The molecule has 0 aliphatic rings. The van der Waals surface area contributed by atoms with Crippen LogP contribution < -0.4 is 0 Å². The average Bonchev–Trinajstić information content (AvgIpc) is 3.45. The summed E-state index contributed by atoms with van der Waals surface area (Å²) >= 11 is 0. The van der Waals surface area contributed by atoms with Crippen molar-refractivity contribution in [2.24, 2.45) is 0 Å². The number of phosphoric acid groups is 1. The zero-order valence-electron chi connectivity index (χ0n) is 52.9. The van der Waals surface area contributed by atoms with Crippen molar-refractivity contribution in [2.45, 2.75) is 251 Å². The van der Waals surface area contributed by atoms with E-state index >= 15 is 0 Å². The van der Waals surface area contributed by atoms with Gasteiger partial charge in [-0.2, -0.15) is 0 Å². The van der Waals surface area contributed by atoms with E-state index < -0.39 is 26.5 Å². The molecular formula is C72H121NO8P+. The quantitative estimate of drug-likeness (QED) is 0.0211. The van der Waals surface area contributed by atoms with Gasteiger partial charge in [0.05, 0.1) is 27.7 Å². The van der Waals surface area contributed by atoms with Gasteiger partial charge in [0, 0.05) is 12.8 Å². The number of hydrogen-bond acceptors (Lipinski definition) is 7. The van der Waals surface area contributed by atoms with Gasteiger partial charge in [0.2, 0.25) is 0 Å². The molecule has 0 fully saturated rings. The van der Waals surface area contributed by atoms with Crippen LogP contribution in [0.4, 0.5) is 0 Å². The van der Waals surface area contributed by atoms with Gasteiger partial charge in [-0.05, 0) is 103 Å². The third-order valence-electron chi connectivity index (χ3n) is 13.4. The third kappa shape index (κ3) is 65.0. The van der Waals surface area contributed by atoms with Crippen molar-refractivity contribution in [1.82, 2.24) is 0 Å². The van der Waals surface area contributed by atoms with Crippen LogP contribution in [0.15, 0.2) is 146 Å². The first-order valence-corrected chi connectivity index (χ1v) is 34.1. The molecule has 0 aromatic rings. The topological polar surface area (TPSA) is 108 Å². The molecule has 0 saturated heterocycles. The van der Waals surface area contributed by atoms with E-state index in [2.05, 4.69) is 160 Å². The lowest BCUT2D eigenvalue weighted by atomic mass is 10.0. The van der Waals surface area contributed by atoms with Crippen LogP contribution in [0.25, 0.3) is 0 Å². The first-order valence-electron chi connectivity index (χ1n) is 32.6. The molecule has 0 rings (SSSR count). The molecule has 466 valence electrons. The Labute approximate surface area is 503 Å². The highest BCUT2D eigenvalue weighted by Gasteiger charge is 2.27. The fraction of sp³-hybridized carbons (Fsp3) is 0.639. The Morgan fingerprint density at radius 3 is 1.04 bits per heavy atom. The molecule has 0 amide bonds. The number of hydrogen-bond donors (Lipinski definition) is 1. The smallest absolute Gasteiger partial charge is 0.462 e.